The summed E-state index contributed by atoms with van der Waals surface area (Å²) in [6.07, 6.45) is 7.55. The summed E-state index contributed by atoms with van der Waals surface area (Å²) in [5.41, 5.74) is 0. The average molecular weight is 384 g/mol. The van der Waals surface area contributed by atoms with E-state index in [-0.39, 0.29) is 42.8 Å². The minimum Gasteiger partial charge on any atom is -0.726 e. The van der Waals surface area contributed by atoms with Crippen LogP contribution >= 0.6 is 0 Å². The number of hydrogen-bond acceptors (Lipinski definition) is 6. The van der Waals surface area contributed by atoms with E-state index in [1.165, 1.54) is 25.7 Å². The van der Waals surface area contributed by atoms with Gasteiger partial charge in [-0.2, -0.15) is 0 Å². The van der Waals surface area contributed by atoms with Crippen molar-refractivity contribution in [2.45, 2.75) is 51.9 Å². The number of ether oxygens (including phenoxy) is 1. The van der Waals surface area contributed by atoms with Crippen LogP contribution in [-0.4, -0.2) is 37.9 Å². The molecular formula is C17H29NaO6S. The molecule has 0 heterocycles. The molecule has 1 rings (SSSR count). The summed E-state index contributed by atoms with van der Waals surface area (Å²) in [6.45, 7) is 2.62. The van der Waals surface area contributed by atoms with E-state index in [2.05, 4.69) is 11.1 Å². The Morgan fingerprint density at radius 2 is 1.52 bits per heavy atom. The van der Waals surface area contributed by atoms with Crippen LogP contribution < -0.4 is 34.3 Å². The van der Waals surface area contributed by atoms with E-state index < -0.39 is 10.4 Å². The van der Waals surface area contributed by atoms with Crippen LogP contribution in [0, 0.1) is 0 Å². The number of unbranched alkanes of at least 4 members (excludes halogenated alkanes) is 6. The average Bonchev–Trinajstić information content (AvgIpc) is 2.56. The van der Waals surface area contributed by atoms with Gasteiger partial charge in [-0.05, 0) is 18.6 Å². The van der Waals surface area contributed by atoms with Crippen molar-refractivity contribution in [3.05, 3.63) is 30.3 Å². The SMILES string of the molecule is CCCCCCCCCOS(=O)(=O)[O-].OCCOc1ccccc1.[Na+]. The summed E-state index contributed by atoms with van der Waals surface area (Å²) < 4.78 is 39.3. The minimum absolute atomic E-state index is 0. The third kappa shape index (κ3) is 21.8. The van der Waals surface area contributed by atoms with Crippen molar-refractivity contribution < 1.29 is 56.6 Å². The second-order valence-electron chi connectivity index (χ2n) is 5.24. The van der Waals surface area contributed by atoms with Crippen LogP contribution in [-0.2, 0) is 14.6 Å². The number of hydrogen-bond donors (Lipinski definition) is 1. The molecule has 0 amide bonds. The van der Waals surface area contributed by atoms with E-state index in [9.17, 15) is 13.0 Å². The first-order chi connectivity index (χ1) is 11.5. The molecular weight excluding hydrogens is 355 g/mol. The summed E-state index contributed by atoms with van der Waals surface area (Å²) in [5.74, 6) is 0.802. The Hall–Kier alpha value is -0.150. The van der Waals surface area contributed by atoms with E-state index in [0.29, 0.717) is 13.0 Å². The molecule has 140 valence electrons. The van der Waals surface area contributed by atoms with Crippen molar-refractivity contribution in [1.29, 1.82) is 0 Å². The van der Waals surface area contributed by atoms with Crippen LogP contribution in [0.3, 0.4) is 0 Å². The number of aliphatic hydroxyl groups excluding tert-OH is 1. The van der Waals surface area contributed by atoms with E-state index in [1.54, 1.807) is 0 Å². The molecule has 6 nitrogen and oxygen atoms in total. The normalized spacial score (nSPS) is 10.4. The molecule has 0 aliphatic heterocycles. The fourth-order valence-corrected chi connectivity index (χ4v) is 2.22. The molecule has 0 atom stereocenters. The van der Waals surface area contributed by atoms with Gasteiger partial charge in [0, 0.05) is 0 Å². The molecule has 1 aromatic rings. The number of rotatable bonds is 12. The minimum atomic E-state index is -4.48. The molecule has 1 aromatic carbocycles. The van der Waals surface area contributed by atoms with Crippen LogP contribution in [0.1, 0.15) is 51.9 Å². The topological polar surface area (TPSA) is 95.9 Å². The van der Waals surface area contributed by atoms with Gasteiger partial charge in [0.2, 0.25) is 10.4 Å². The van der Waals surface area contributed by atoms with Gasteiger partial charge in [-0.3, -0.25) is 4.18 Å². The molecule has 0 aliphatic rings. The third-order valence-corrected chi connectivity index (χ3v) is 3.53. The summed E-state index contributed by atoms with van der Waals surface area (Å²) in [6, 6.07) is 9.43. The zero-order valence-corrected chi connectivity index (χ0v) is 18.2. The fourth-order valence-electron chi connectivity index (χ4n) is 1.90. The maximum absolute atomic E-state index is 10.0. The van der Waals surface area contributed by atoms with Crippen molar-refractivity contribution in [3.63, 3.8) is 0 Å². The fraction of sp³-hybridized carbons (Fsp3) is 0.647. The van der Waals surface area contributed by atoms with Gasteiger partial charge < -0.3 is 14.4 Å². The van der Waals surface area contributed by atoms with Gasteiger partial charge in [0.1, 0.15) is 12.4 Å². The molecule has 25 heavy (non-hydrogen) atoms. The molecule has 0 bridgehead atoms. The summed E-state index contributed by atoms with van der Waals surface area (Å²) in [7, 11) is -4.48. The first kappa shape index (κ1) is 27.1. The van der Waals surface area contributed by atoms with Crippen molar-refractivity contribution in [3.8, 4) is 5.75 Å². The molecule has 0 radical (unpaired) electrons. The Morgan fingerprint density at radius 1 is 0.960 bits per heavy atom. The van der Waals surface area contributed by atoms with E-state index >= 15 is 0 Å². The molecule has 0 aromatic heterocycles. The van der Waals surface area contributed by atoms with E-state index in [0.717, 1.165) is 18.6 Å². The van der Waals surface area contributed by atoms with Crippen molar-refractivity contribution in [2.24, 2.45) is 0 Å². The van der Waals surface area contributed by atoms with E-state index in [4.69, 9.17) is 9.84 Å². The maximum atomic E-state index is 10.0. The Balaban J connectivity index is 0. The molecule has 0 aliphatic carbocycles. The third-order valence-electron chi connectivity index (χ3n) is 3.08. The molecule has 0 unspecified atom stereocenters. The van der Waals surface area contributed by atoms with Crippen LogP contribution in [0.5, 0.6) is 5.75 Å². The molecule has 0 saturated carbocycles. The Morgan fingerprint density at radius 3 is 2.04 bits per heavy atom. The van der Waals surface area contributed by atoms with Crippen molar-refractivity contribution >= 4 is 10.4 Å². The monoisotopic (exact) mass is 384 g/mol. The van der Waals surface area contributed by atoms with E-state index in [1.807, 2.05) is 30.3 Å². The zero-order valence-electron chi connectivity index (χ0n) is 15.4. The summed E-state index contributed by atoms with van der Waals surface area (Å²) >= 11 is 0. The molecule has 1 N–H and O–H groups in total. The van der Waals surface area contributed by atoms with Crippen LogP contribution in [0.15, 0.2) is 30.3 Å². The van der Waals surface area contributed by atoms with Crippen LogP contribution in [0.4, 0.5) is 0 Å². The predicted molar refractivity (Wildman–Crippen MR) is 92.7 cm³/mol. The largest absolute Gasteiger partial charge is 1.00 e. The predicted octanol–water partition coefficient (Wildman–Crippen LogP) is 0.276. The smallest absolute Gasteiger partial charge is 0.726 e. The van der Waals surface area contributed by atoms with Crippen molar-refractivity contribution in [1.82, 2.24) is 0 Å². The maximum Gasteiger partial charge on any atom is 1.00 e. The Kier molecular flexibility index (Phi) is 20.2. The van der Waals surface area contributed by atoms with Gasteiger partial charge in [0.15, 0.2) is 0 Å². The molecule has 8 heteroatoms. The second-order valence-corrected chi connectivity index (χ2v) is 6.29. The van der Waals surface area contributed by atoms with Gasteiger partial charge in [-0.25, -0.2) is 8.42 Å². The standard InChI is InChI=1S/C9H20O4S.C8H10O2.Na/c1-2-3-4-5-6-7-8-9-13-14(10,11)12;9-6-7-10-8-4-2-1-3-5-8;/h2-9H2,1H3,(H,10,11,12);1-5,9H,6-7H2;/q;;+1/p-1. The van der Waals surface area contributed by atoms with Gasteiger partial charge in [0.25, 0.3) is 0 Å². The van der Waals surface area contributed by atoms with Gasteiger partial charge >= 0.3 is 29.6 Å². The number of para-hydroxylation sites is 1. The Labute approximate surface area is 174 Å². The quantitative estimate of drug-likeness (QED) is 0.241. The second kappa shape index (κ2) is 18.6. The first-order valence-corrected chi connectivity index (χ1v) is 9.72. The van der Waals surface area contributed by atoms with Crippen LogP contribution in [0.2, 0.25) is 0 Å². The number of aliphatic hydroxyl groups is 1. The summed E-state index contributed by atoms with van der Waals surface area (Å²) in [4.78, 5) is 0. The number of benzene rings is 1. The molecule has 0 spiro atoms. The van der Waals surface area contributed by atoms with Gasteiger partial charge in [0.05, 0.1) is 13.2 Å². The van der Waals surface area contributed by atoms with Crippen LogP contribution in [0.25, 0.3) is 0 Å². The Bertz CT molecular complexity index is 481. The van der Waals surface area contributed by atoms with Gasteiger partial charge in [-0.1, -0.05) is 63.6 Å². The zero-order chi connectivity index (χ0) is 18.1. The molecule has 0 saturated heterocycles. The van der Waals surface area contributed by atoms with Crippen molar-refractivity contribution in [2.75, 3.05) is 19.8 Å². The summed E-state index contributed by atoms with van der Waals surface area (Å²) in [5, 5.41) is 8.40. The van der Waals surface area contributed by atoms with Gasteiger partial charge in [-0.15, -0.1) is 0 Å². The molecule has 0 fully saturated rings. The first-order valence-electron chi connectivity index (χ1n) is 8.38.